The first kappa shape index (κ1) is 14.2. The quantitative estimate of drug-likeness (QED) is 0.902. The summed E-state index contributed by atoms with van der Waals surface area (Å²) in [5.74, 6) is 1.27. The second kappa shape index (κ2) is 5.69. The monoisotopic (exact) mass is 302 g/mol. The Labute approximate surface area is 132 Å². The van der Waals surface area contributed by atoms with E-state index in [0.717, 1.165) is 51.9 Å². The zero-order chi connectivity index (χ0) is 15.1. The van der Waals surface area contributed by atoms with Crippen LogP contribution < -0.4 is 0 Å². The third-order valence-electron chi connectivity index (χ3n) is 5.50. The van der Waals surface area contributed by atoms with E-state index in [1.165, 1.54) is 29.8 Å². The van der Waals surface area contributed by atoms with Gasteiger partial charge in [-0.3, -0.25) is 9.89 Å². The van der Waals surface area contributed by atoms with Crippen molar-refractivity contribution in [1.29, 1.82) is 0 Å². The third-order valence-corrected chi connectivity index (χ3v) is 5.50. The molecule has 4 rings (SSSR count). The van der Waals surface area contributed by atoms with Crippen LogP contribution in [-0.4, -0.2) is 59.1 Å². The smallest absolute Gasteiger partial charge is 0.226 e. The minimum Gasteiger partial charge on any atom is -0.342 e. The Bertz CT molecular complexity index is 563. The molecule has 1 aromatic rings. The van der Waals surface area contributed by atoms with Gasteiger partial charge in [0.05, 0.1) is 11.6 Å². The van der Waals surface area contributed by atoms with Crippen molar-refractivity contribution in [3.63, 3.8) is 0 Å². The predicted octanol–water partition coefficient (Wildman–Crippen LogP) is 1.56. The van der Waals surface area contributed by atoms with E-state index in [0.29, 0.717) is 11.8 Å². The van der Waals surface area contributed by atoms with E-state index in [-0.39, 0.29) is 5.92 Å². The van der Waals surface area contributed by atoms with Gasteiger partial charge in [0, 0.05) is 37.7 Å². The van der Waals surface area contributed by atoms with Gasteiger partial charge in [-0.25, -0.2) is 0 Å². The predicted molar refractivity (Wildman–Crippen MR) is 84.8 cm³/mol. The Morgan fingerprint density at radius 1 is 1.18 bits per heavy atom. The normalized spacial score (nSPS) is 26.6. The fraction of sp³-hybridized carbons (Fsp3) is 0.765. The number of H-pyrrole nitrogens is 1. The van der Waals surface area contributed by atoms with Gasteiger partial charge in [-0.2, -0.15) is 5.10 Å². The molecule has 5 nitrogen and oxygen atoms in total. The lowest BCUT2D eigenvalue weighted by atomic mass is 9.97. The van der Waals surface area contributed by atoms with Crippen molar-refractivity contribution < 1.29 is 4.79 Å². The number of fused-ring (bicyclic) bond motifs is 1. The molecule has 1 aliphatic carbocycles. The Hall–Kier alpha value is -1.36. The van der Waals surface area contributed by atoms with Crippen LogP contribution >= 0.6 is 0 Å². The first-order chi connectivity index (χ1) is 10.7. The molecule has 1 amide bonds. The largest absolute Gasteiger partial charge is 0.342 e. The van der Waals surface area contributed by atoms with Crippen molar-refractivity contribution in [2.45, 2.75) is 44.4 Å². The fourth-order valence-electron chi connectivity index (χ4n) is 4.05. The summed E-state index contributed by atoms with van der Waals surface area (Å²) >= 11 is 0. The number of aromatic nitrogens is 2. The molecule has 3 aliphatic rings. The van der Waals surface area contributed by atoms with Crippen LogP contribution in [0, 0.1) is 5.92 Å². The van der Waals surface area contributed by atoms with Gasteiger partial charge in [-0.05, 0) is 51.3 Å². The van der Waals surface area contributed by atoms with E-state index in [2.05, 4.69) is 27.0 Å². The maximum atomic E-state index is 12.8. The number of hydrogen-bond donors (Lipinski definition) is 1. The van der Waals surface area contributed by atoms with Crippen LogP contribution in [0.15, 0.2) is 0 Å². The first-order valence-electron chi connectivity index (χ1n) is 8.75. The number of aromatic amines is 1. The molecule has 1 saturated heterocycles. The van der Waals surface area contributed by atoms with Gasteiger partial charge in [-0.15, -0.1) is 0 Å². The maximum absolute atomic E-state index is 12.8. The minimum atomic E-state index is 0.205. The van der Waals surface area contributed by atoms with Gasteiger partial charge < -0.3 is 9.80 Å². The van der Waals surface area contributed by atoms with E-state index < -0.39 is 0 Å². The summed E-state index contributed by atoms with van der Waals surface area (Å²) in [5, 5.41) is 7.77. The van der Waals surface area contributed by atoms with Crippen LogP contribution in [0.2, 0.25) is 0 Å². The van der Waals surface area contributed by atoms with E-state index in [1.54, 1.807) is 0 Å². The topological polar surface area (TPSA) is 52.2 Å². The molecule has 2 fully saturated rings. The number of carbonyl (C=O) groups is 1. The standard InChI is InChI=1S/C17H26N4O/c1-20-8-2-3-13(11-20)17(22)21-9-6-14-15(7-10-21)18-19-16(14)12-4-5-12/h12-13H,2-11H2,1H3,(H,18,19). The summed E-state index contributed by atoms with van der Waals surface area (Å²) in [7, 11) is 2.13. The SMILES string of the molecule is CN1CCCC(C(=O)N2CCc3[nH]nc(C4CC4)c3CC2)C1. The average Bonchev–Trinajstić information content (AvgIpc) is 3.32. The van der Waals surface area contributed by atoms with Gasteiger partial charge in [0.15, 0.2) is 0 Å². The number of rotatable bonds is 2. The molecule has 1 saturated carbocycles. The summed E-state index contributed by atoms with van der Waals surface area (Å²) < 4.78 is 0. The van der Waals surface area contributed by atoms with E-state index >= 15 is 0 Å². The molecule has 0 radical (unpaired) electrons. The van der Waals surface area contributed by atoms with Crippen molar-refractivity contribution in [1.82, 2.24) is 20.0 Å². The molecule has 2 aliphatic heterocycles. The zero-order valence-corrected chi connectivity index (χ0v) is 13.5. The van der Waals surface area contributed by atoms with Crippen molar-refractivity contribution in [2.75, 3.05) is 33.2 Å². The van der Waals surface area contributed by atoms with Crippen molar-refractivity contribution in [3.05, 3.63) is 17.0 Å². The fourth-order valence-corrected chi connectivity index (χ4v) is 4.05. The molecule has 1 aromatic heterocycles. The Kier molecular flexibility index (Phi) is 3.68. The van der Waals surface area contributed by atoms with Crippen LogP contribution in [0.1, 0.15) is 48.6 Å². The number of hydrogen-bond acceptors (Lipinski definition) is 3. The second-order valence-corrected chi connectivity index (χ2v) is 7.27. The summed E-state index contributed by atoms with van der Waals surface area (Å²) in [6, 6.07) is 0. The van der Waals surface area contributed by atoms with Gasteiger partial charge >= 0.3 is 0 Å². The summed E-state index contributed by atoms with van der Waals surface area (Å²) in [6.45, 7) is 3.77. The lowest BCUT2D eigenvalue weighted by molar-refractivity contribution is -0.137. The molecule has 0 bridgehead atoms. The molecule has 22 heavy (non-hydrogen) atoms. The van der Waals surface area contributed by atoms with Crippen molar-refractivity contribution in [3.8, 4) is 0 Å². The van der Waals surface area contributed by atoms with Gasteiger partial charge in [-0.1, -0.05) is 0 Å². The number of amides is 1. The Balaban J connectivity index is 1.44. The molecule has 5 heteroatoms. The number of carbonyl (C=O) groups excluding carboxylic acids is 1. The van der Waals surface area contributed by atoms with Crippen molar-refractivity contribution in [2.24, 2.45) is 5.92 Å². The molecule has 0 aromatic carbocycles. The highest BCUT2D eigenvalue weighted by atomic mass is 16.2. The average molecular weight is 302 g/mol. The van der Waals surface area contributed by atoms with Crippen LogP contribution in [0.3, 0.4) is 0 Å². The lowest BCUT2D eigenvalue weighted by Gasteiger charge is -2.32. The molecule has 1 atom stereocenters. The lowest BCUT2D eigenvalue weighted by Crippen LogP contribution is -2.44. The van der Waals surface area contributed by atoms with Crippen LogP contribution in [0.4, 0.5) is 0 Å². The van der Waals surface area contributed by atoms with Gasteiger partial charge in [0.2, 0.25) is 5.91 Å². The Morgan fingerprint density at radius 3 is 2.77 bits per heavy atom. The van der Waals surface area contributed by atoms with Gasteiger partial charge in [0.25, 0.3) is 0 Å². The number of likely N-dealkylation sites (tertiary alicyclic amines) is 1. The molecule has 3 heterocycles. The highest BCUT2D eigenvalue weighted by molar-refractivity contribution is 5.79. The number of nitrogens with one attached hydrogen (secondary N) is 1. The van der Waals surface area contributed by atoms with Crippen LogP contribution in [0.25, 0.3) is 0 Å². The summed E-state index contributed by atoms with van der Waals surface area (Å²) in [6.07, 6.45) is 6.69. The van der Waals surface area contributed by atoms with Crippen LogP contribution in [0.5, 0.6) is 0 Å². The highest BCUT2D eigenvalue weighted by Gasteiger charge is 2.33. The van der Waals surface area contributed by atoms with Gasteiger partial charge in [0.1, 0.15) is 0 Å². The first-order valence-corrected chi connectivity index (χ1v) is 8.75. The molecule has 0 spiro atoms. The zero-order valence-electron chi connectivity index (χ0n) is 13.5. The molecule has 1 N–H and O–H groups in total. The second-order valence-electron chi connectivity index (χ2n) is 7.27. The third kappa shape index (κ3) is 2.67. The van der Waals surface area contributed by atoms with Crippen LogP contribution in [-0.2, 0) is 17.6 Å². The van der Waals surface area contributed by atoms with Crippen molar-refractivity contribution >= 4 is 5.91 Å². The molecular weight excluding hydrogens is 276 g/mol. The summed E-state index contributed by atoms with van der Waals surface area (Å²) in [4.78, 5) is 17.2. The number of nitrogens with zero attached hydrogens (tertiary/aromatic N) is 3. The van der Waals surface area contributed by atoms with E-state index in [9.17, 15) is 4.79 Å². The molecule has 120 valence electrons. The minimum absolute atomic E-state index is 0.205. The highest BCUT2D eigenvalue weighted by Crippen LogP contribution is 2.41. The van der Waals surface area contributed by atoms with E-state index in [1.807, 2.05) is 0 Å². The summed E-state index contributed by atoms with van der Waals surface area (Å²) in [5.41, 5.74) is 3.98. The molecular formula is C17H26N4O. The van der Waals surface area contributed by atoms with E-state index in [4.69, 9.17) is 0 Å². The number of piperidine rings is 1. The Morgan fingerprint density at radius 2 is 2.00 bits per heavy atom. The maximum Gasteiger partial charge on any atom is 0.226 e. The molecule has 1 unspecified atom stereocenters.